The molecule has 1 N–H and O–H groups in total. The quantitative estimate of drug-likeness (QED) is 0.868. The molecule has 0 saturated carbocycles. The Bertz CT molecular complexity index is 574. The first-order valence-electron chi connectivity index (χ1n) is 6.65. The number of aliphatic hydroxyl groups excluding tert-OH is 1. The zero-order chi connectivity index (χ0) is 16.0. The second-order valence-electron chi connectivity index (χ2n) is 4.56. The number of halogens is 1. The van der Waals surface area contributed by atoms with Crippen molar-refractivity contribution in [1.29, 1.82) is 0 Å². The predicted octanol–water partition coefficient (Wildman–Crippen LogP) is 1.52. The van der Waals surface area contributed by atoms with Crippen LogP contribution in [0.25, 0.3) is 0 Å². The summed E-state index contributed by atoms with van der Waals surface area (Å²) in [4.78, 5) is 19.2. The molecule has 0 fully saturated rings. The number of aliphatic hydroxyl groups is 1. The van der Waals surface area contributed by atoms with Gasteiger partial charge in [-0.3, -0.25) is 4.70 Å². The highest BCUT2D eigenvalue weighted by Gasteiger charge is 2.14. The fourth-order valence-corrected chi connectivity index (χ4v) is 1.84. The number of aromatic nitrogens is 4. The van der Waals surface area contributed by atoms with Crippen molar-refractivity contribution in [3.05, 3.63) is 35.4 Å². The van der Waals surface area contributed by atoms with Gasteiger partial charge in [0.15, 0.2) is 0 Å². The molecular formula is C14H25FN4O3. The first-order chi connectivity index (χ1) is 9.92. The molecule has 0 saturated heterocycles. The number of hydrogen-bond acceptors (Lipinski definition) is 5. The van der Waals surface area contributed by atoms with Gasteiger partial charge in [-0.1, -0.05) is 0 Å². The van der Waals surface area contributed by atoms with Crippen molar-refractivity contribution in [2.24, 2.45) is 14.1 Å². The Morgan fingerprint density at radius 1 is 1.23 bits per heavy atom. The van der Waals surface area contributed by atoms with E-state index < -0.39 is 0 Å². The van der Waals surface area contributed by atoms with Crippen molar-refractivity contribution < 1.29 is 20.8 Å². The summed E-state index contributed by atoms with van der Waals surface area (Å²) in [7, 11) is 3.64. The number of ether oxygens (including phenoxy) is 1. The molecule has 2 heterocycles. The Hall–Kier alpha value is -2.22. The Morgan fingerprint density at radius 2 is 1.77 bits per heavy atom. The van der Waals surface area contributed by atoms with E-state index in [1.54, 1.807) is 38.1 Å². The number of imidazole rings is 2. The van der Waals surface area contributed by atoms with Crippen molar-refractivity contribution in [3.8, 4) is 0 Å². The van der Waals surface area contributed by atoms with Crippen molar-refractivity contribution in [3.63, 3.8) is 0 Å². The van der Waals surface area contributed by atoms with E-state index in [0.717, 1.165) is 11.4 Å². The van der Waals surface area contributed by atoms with Gasteiger partial charge in [0.1, 0.15) is 5.69 Å². The fraction of sp³-hybridized carbons (Fsp3) is 0.500. The van der Waals surface area contributed by atoms with Gasteiger partial charge < -0.3 is 19.0 Å². The smallest absolute Gasteiger partial charge is 0.356 e. The van der Waals surface area contributed by atoms with E-state index in [0.29, 0.717) is 18.0 Å². The van der Waals surface area contributed by atoms with Gasteiger partial charge in [0.2, 0.25) is 0 Å². The molecule has 0 bridgehead atoms. The van der Waals surface area contributed by atoms with E-state index in [9.17, 15) is 4.79 Å². The summed E-state index contributed by atoms with van der Waals surface area (Å²) in [6.45, 7) is 5.91. The molecule has 0 aliphatic carbocycles. The first kappa shape index (κ1) is 19.8. The lowest BCUT2D eigenvalue weighted by Gasteiger charge is -2.02. The number of rotatable bonds is 3. The van der Waals surface area contributed by atoms with Gasteiger partial charge in [-0.15, -0.1) is 0 Å². The van der Waals surface area contributed by atoms with Gasteiger partial charge in [0.25, 0.3) is 0 Å². The van der Waals surface area contributed by atoms with Crippen LogP contribution in [0.5, 0.6) is 0 Å². The third-order valence-electron chi connectivity index (χ3n) is 3.01. The first-order valence-corrected chi connectivity index (χ1v) is 6.65. The highest BCUT2D eigenvalue weighted by molar-refractivity contribution is 5.88. The van der Waals surface area contributed by atoms with Crippen molar-refractivity contribution in [1.82, 2.24) is 19.1 Å². The van der Waals surface area contributed by atoms with E-state index in [2.05, 4.69) is 9.97 Å². The summed E-state index contributed by atoms with van der Waals surface area (Å²) in [5.41, 5.74) is 3.02. The highest BCUT2D eigenvalue weighted by atomic mass is 19.0. The van der Waals surface area contributed by atoms with Crippen LogP contribution < -0.4 is 0 Å². The largest absolute Gasteiger partial charge is 0.461 e. The Labute approximate surface area is 130 Å². The minimum atomic E-state index is -0.310. The van der Waals surface area contributed by atoms with Gasteiger partial charge in [0.05, 0.1) is 43.0 Å². The lowest BCUT2D eigenvalue weighted by Crippen LogP contribution is -2.10. The number of esters is 1. The fourth-order valence-electron chi connectivity index (χ4n) is 1.84. The lowest BCUT2D eigenvalue weighted by atomic mass is 10.3. The van der Waals surface area contributed by atoms with Crippen LogP contribution in [0, 0.1) is 13.8 Å². The third kappa shape index (κ3) is 4.66. The van der Waals surface area contributed by atoms with Gasteiger partial charge >= 0.3 is 5.97 Å². The molecule has 0 aliphatic heterocycles. The van der Waals surface area contributed by atoms with E-state index in [1.165, 1.54) is 0 Å². The maximum Gasteiger partial charge on any atom is 0.356 e. The molecule has 0 aromatic carbocycles. The van der Waals surface area contributed by atoms with E-state index in [1.807, 2.05) is 18.5 Å². The average molecular weight is 318 g/mol. The summed E-state index contributed by atoms with van der Waals surface area (Å²) in [6.07, 6.45) is 3.29. The summed E-state index contributed by atoms with van der Waals surface area (Å²) >= 11 is 0. The molecule has 22 heavy (non-hydrogen) atoms. The van der Waals surface area contributed by atoms with Gasteiger partial charge in [-0.25, -0.2) is 14.8 Å². The molecule has 2 rings (SSSR count). The molecule has 2 aromatic rings. The summed E-state index contributed by atoms with van der Waals surface area (Å²) in [5.74, 6) is -0.310. The zero-order valence-corrected chi connectivity index (χ0v) is 13.5. The highest BCUT2D eigenvalue weighted by Crippen LogP contribution is 2.05. The van der Waals surface area contributed by atoms with Crippen LogP contribution in [0.3, 0.4) is 0 Å². The van der Waals surface area contributed by atoms with Crippen molar-refractivity contribution in [2.75, 3.05) is 6.61 Å². The van der Waals surface area contributed by atoms with Crippen LogP contribution in [0.2, 0.25) is 0 Å². The van der Waals surface area contributed by atoms with E-state index in [-0.39, 0.29) is 18.7 Å². The molecule has 0 amide bonds. The molecule has 0 radical (unpaired) electrons. The van der Waals surface area contributed by atoms with Crippen LogP contribution in [0.1, 0.15) is 35.9 Å². The van der Waals surface area contributed by atoms with Crippen LogP contribution in [-0.4, -0.2) is 36.8 Å². The van der Waals surface area contributed by atoms with E-state index >= 15 is 0 Å². The molecule has 0 unspecified atom stereocenters. The van der Waals surface area contributed by atoms with E-state index in [4.69, 9.17) is 9.84 Å². The standard InChI is InChI=1S/C8H12N2O2.C6H10N2O.FH.H2/c1-4-12-8(11)7-6(2)9-5-10(7)3;1-5-6(3-9)8(2)4-7-5;;/h5H,4H2,1-3H3;4,9H,3H2,1-2H3;2*1H/i;;;1+2. The molecule has 126 valence electrons. The summed E-state index contributed by atoms with van der Waals surface area (Å²) in [5, 5.41) is 8.73. The maximum atomic E-state index is 11.3. The minimum absolute atomic E-state index is 0. The minimum Gasteiger partial charge on any atom is -0.461 e. The zero-order valence-electron chi connectivity index (χ0n) is 13.5. The van der Waals surface area contributed by atoms with Crippen LogP contribution in [0.4, 0.5) is 4.70 Å². The van der Waals surface area contributed by atoms with Crippen LogP contribution in [-0.2, 0) is 25.4 Å². The van der Waals surface area contributed by atoms with Crippen LogP contribution >= 0.6 is 0 Å². The Morgan fingerprint density at radius 3 is 2.09 bits per heavy atom. The number of nitrogens with zero attached hydrogens (tertiary/aromatic N) is 4. The number of carbonyl (C=O) groups is 1. The normalized spacial score (nSPS) is 9.55. The summed E-state index contributed by atoms with van der Waals surface area (Å²) < 4.78 is 8.32. The van der Waals surface area contributed by atoms with Crippen molar-refractivity contribution in [2.45, 2.75) is 27.4 Å². The number of hydrogen-bond donors (Lipinski definition) is 1. The second-order valence-corrected chi connectivity index (χ2v) is 4.56. The third-order valence-corrected chi connectivity index (χ3v) is 3.01. The van der Waals surface area contributed by atoms with Gasteiger partial charge in [-0.2, -0.15) is 0 Å². The summed E-state index contributed by atoms with van der Waals surface area (Å²) in [6, 6.07) is 0. The Kier molecular flexibility index (Phi) is 8.03. The average Bonchev–Trinajstić information content (AvgIpc) is 2.93. The molecule has 0 aliphatic rings. The molecule has 7 nitrogen and oxygen atoms in total. The van der Waals surface area contributed by atoms with Gasteiger partial charge in [0, 0.05) is 15.5 Å². The lowest BCUT2D eigenvalue weighted by molar-refractivity contribution is 0.0514. The predicted molar refractivity (Wildman–Crippen MR) is 82.4 cm³/mol. The topological polar surface area (TPSA) is 82.2 Å². The molecule has 8 heteroatoms. The molecular weight excluding hydrogens is 291 g/mol. The monoisotopic (exact) mass is 318 g/mol. The molecule has 0 spiro atoms. The SMILES string of the molecule is CCOC(=O)c1c(C)ncn1C.Cc1ncn(C)c1CO.F.[3HH]. The number of aryl methyl sites for hydroxylation is 4. The van der Waals surface area contributed by atoms with Gasteiger partial charge in [-0.05, 0) is 20.8 Å². The number of carbonyl (C=O) groups excluding carboxylic acids is 1. The molecule has 0 atom stereocenters. The molecule has 2 aromatic heterocycles. The maximum absolute atomic E-state index is 11.3. The second kappa shape index (κ2) is 8.93. The van der Waals surface area contributed by atoms with Crippen molar-refractivity contribution >= 4 is 5.97 Å². The Balaban J connectivity index is 0. The van der Waals surface area contributed by atoms with Crippen LogP contribution in [0.15, 0.2) is 12.7 Å².